The SMILES string of the molecule is N=C(N)c1ccc(C(=O)NCCCC(C(C(=O)O)c2ccc3c(c2)OCO3)N2CCNC(=O)C2=O)cc1. The molecule has 0 aliphatic carbocycles. The fraction of sp³-hybridized carbons (Fsp3) is 0.320. The summed E-state index contributed by atoms with van der Waals surface area (Å²) in [7, 11) is 0. The van der Waals surface area contributed by atoms with Crippen LogP contribution in [0.4, 0.5) is 0 Å². The highest BCUT2D eigenvalue weighted by atomic mass is 16.7. The minimum Gasteiger partial charge on any atom is -0.481 e. The van der Waals surface area contributed by atoms with Gasteiger partial charge in [-0.1, -0.05) is 18.2 Å². The smallest absolute Gasteiger partial charge is 0.313 e. The number of ether oxygens (including phenoxy) is 2. The van der Waals surface area contributed by atoms with E-state index in [9.17, 15) is 24.3 Å². The van der Waals surface area contributed by atoms with Crippen LogP contribution in [0.15, 0.2) is 42.5 Å². The monoisotopic (exact) mass is 509 g/mol. The number of carboxylic acids is 1. The molecule has 1 saturated heterocycles. The molecule has 37 heavy (non-hydrogen) atoms. The number of benzene rings is 2. The molecule has 0 radical (unpaired) electrons. The number of carbonyl (C=O) groups is 4. The Kier molecular flexibility index (Phi) is 7.56. The number of nitrogens with one attached hydrogen (secondary N) is 3. The maximum atomic E-state index is 12.7. The summed E-state index contributed by atoms with van der Waals surface area (Å²) in [5.74, 6) is -3.41. The Labute approximate surface area is 212 Å². The fourth-order valence-corrected chi connectivity index (χ4v) is 4.47. The normalized spacial score (nSPS) is 16.1. The first-order chi connectivity index (χ1) is 17.8. The maximum Gasteiger partial charge on any atom is 0.313 e. The van der Waals surface area contributed by atoms with Crippen molar-refractivity contribution >= 4 is 29.5 Å². The van der Waals surface area contributed by atoms with Gasteiger partial charge < -0.3 is 35.8 Å². The molecule has 2 aromatic rings. The Morgan fingerprint density at radius 2 is 1.81 bits per heavy atom. The van der Waals surface area contributed by atoms with Crippen LogP contribution in [0.5, 0.6) is 11.5 Å². The number of amidine groups is 1. The summed E-state index contributed by atoms with van der Waals surface area (Å²) < 4.78 is 10.7. The topological polar surface area (TPSA) is 184 Å². The van der Waals surface area contributed by atoms with E-state index in [1.165, 1.54) is 4.90 Å². The zero-order chi connectivity index (χ0) is 26.5. The Hall–Kier alpha value is -4.61. The lowest BCUT2D eigenvalue weighted by molar-refractivity contribution is -0.152. The number of hydrogen-bond donors (Lipinski definition) is 5. The van der Waals surface area contributed by atoms with Gasteiger partial charge in [-0.2, -0.15) is 0 Å². The van der Waals surface area contributed by atoms with Crippen LogP contribution in [-0.4, -0.2) is 72.0 Å². The molecule has 4 rings (SSSR count). The van der Waals surface area contributed by atoms with Crippen LogP contribution in [0, 0.1) is 5.41 Å². The average Bonchev–Trinajstić information content (AvgIpc) is 3.35. The minimum absolute atomic E-state index is 0.0297. The number of fused-ring (bicyclic) bond motifs is 1. The van der Waals surface area contributed by atoms with Gasteiger partial charge in [-0.15, -0.1) is 0 Å². The third-order valence-electron chi connectivity index (χ3n) is 6.32. The van der Waals surface area contributed by atoms with Crippen LogP contribution in [0.3, 0.4) is 0 Å². The molecule has 2 heterocycles. The van der Waals surface area contributed by atoms with Crippen LogP contribution >= 0.6 is 0 Å². The molecule has 1 fully saturated rings. The quantitative estimate of drug-likeness (QED) is 0.132. The highest BCUT2D eigenvalue weighted by molar-refractivity contribution is 6.35. The van der Waals surface area contributed by atoms with Gasteiger partial charge in [0.15, 0.2) is 11.5 Å². The zero-order valence-corrected chi connectivity index (χ0v) is 19.9. The second-order valence-electron chi connectivity index (χ2n) is 8.64. The van der Waals surface area contributed by atoms with Crippen LogP contribution in [0.1, 0.15) is 40.2 Å². The van der Waals surface area contributed by atoms with Crippen LogP contribution in [-0.2, 0) is 14.4 Å². The van der Waals surface area contributed by atoms with Crippen LogP contribution in [0.2, 0.25) is 0 Å². The lowest BCUT2D eigenvalue weighted by atomic mass is 9.86. The standard InChI is InChI=1S/C25H27N5O7/c26-21(27)14-3-5-15(6-4-14)22(31)28-9-1-2-17(30-11-10-29-23(32)24(30)33)20(25(34)35)16-7-8-18-19(12-16)37-13-36-18/h3-8,12,17,20H,1-2,9-11,13H2,(H3,26,27)(H,28,31)(H,29,32)(H,34,35). The molecule has 2 aromatic carbocycles. The number of piperazine rings is 1. The van der Waals surface area contributed by atoms with Gasteiger partial charge in [-0.3, -0.25) is 24.6 Å². The Morgan fingerprint density at radius 3 is 2.51 bits per heavy atom. The molecule has 2 unspecified atom stereocenters. The number of nitrogen functional groups attached to an aromatic ring is 1. The Balaban J connectivity index is 1.49. The Bertz CT molecular complexity index is 1230. The van der Waals surface area contributed by atoms with Crippen molar-refractivity contribution in [1.82, 2.24) is 15.5 Å². The van der Waals surface area contributed by atoms with E-state index in [4.69, 9.17) is 20.6 Å². The third-order valence-corrected chi connectivity index (χ3v) is 6.32. The highest BCUT2D eigenvalue weighted by Crippen LogP contribution is 2.37. The lowest BCUT2D eigenvalue weighted by Gasteiger charge is -2.37. The number of aliphatic carboxylic acids is 1. The first kappa shape index (κ1) is 25.5. The van der Waals surface area contributed by atoms with E-state index >= 15 is 0 Å². The largest absolute Gasteiger partial charge is 0.481 e. The van der Waals surface area contributed by atoms with Gasteiger partial charge in [0.25, 0.3) is 5.91 Å². The molecule has 2 atom stereocenters. The van der Waals surface area contributed by atoms with Crippen molar-refractivity contribution in [2.24, 2.45) is 5.73 Å². The molecule has 0 aromatic heterocycles. The summed E-state index contributed by atoms with van der Waals surface area (Å²) in [5.41, 5.74) is 6.73. The van der Waals surface area contributed by atoms with Crippen molar-refractivity contribution in [1.29, 1.82) is 5.41 Å². The van der Waals surface area contributed by atoms with E-state index in [0.717, 1.165) is 0 Å². The number of nitrogens with two attached hydrogens (primary N) is 1. The summed E-state index contributed by atoms with van der Waals surface area (Å²) in [6, 6.07) is 10.2. The van der Waals surface area contributed by atoms with E-state index in [-0.39, 0.29) is 44.6 Å². The molecule has 12 nitrogen and oxygen atoms in total. The average molecular weight is 510 g/mol. The van der Waals surface area contributed by atoms with Gasteiger partial charge in [0, 0.05) is 36.8 Å². The van der Waals surface area contributed by atoms with Gasteiger partial charge >= 0.3 is 17.8 Å². The molecule has 0 saturated carbocycles. The lowest BCUT2D eigenvalue weighted by Crippen LogP contribution is -2.57. The first-order valence-electron chi connectivity index (χ1n) is 11.7. The van der Waals surface area contributed by atoms with Crippen LogP contribution in [0.25, 0.3) is 0 Å². The van der Waals surface area contributed by atoms with Gasteiger partial charge in [0.1, 0.15) is 11.8 Å². The number of carboxylic acid groups (broad SMARTS) is 1. The molecular formula is C25H27N5O7. The highest BCUT2D eigenvalue weighted by Gasteiger charge is 2.40. The molecule has 0 bridgehead atoms. The minimum atomic E-state index is -1.16. The predicted molar refractivity (Wildman–Crippen MR) is 130 cm³/mol. The van der Waals surface area contributed by atoms with E-state index in [2.05, 4.69) is 10.6 Å². The van der Waals surface area contributed by atoms with E-state index in [1.807, 2.05) is 0 Å². The predicted octanol–water partition coefficient (Wildman–Crippen LogP) is 0.405. The summed E-state index contributed by atoms with van der Waals surface area (Å²) in [6.07, 6.45) is 0.565. The third kappa shape index (κ3) is 5.63. The number of amides is 3. The number of rotatable bonds is 10. The summed E-state index contributed by atoms with van der Waals surface area (Å²) in [5, 5.41) is 22.9. The number of hydrogen-bond acceptors (Lipinski definition) is 7. The van der Waals surface area contributed by atoms with Gasteiger partial charge in [-0.25, -0.2) is 0 Å². The van der Waals surface area contributed by atoms with E-state index in [0.29, 0.717) is 34.6 Å². The second-order valence-corrected chi connectivity index (χ2v) is 8.64. The maximum absolute atomic E-state index is 12.7. The molecule has 0 spiro atoms. The molecule has 194 valence electrons. The summed E-state index contributed by atoms with van der Waals surface area (Å²) in [4.78, 5) is 51.0. The second kappa shape index (κ2) is 11.0. The number of nitrogens with zero attached hydrogens (tertiary/aromatic N) is 1. The van der Waals surface area contributed by atoms with E-state index in [1.54, 1.807) is 42.5 Å². The van der Waals surface area contributed by atoms with Crippen molar-refractivity contribution in [2.45, 2.75) is 24.8 Å². The molecule has 3 amide bonds. The summed E-state index contributed by atoms with van der Waals surface area (Å²) >= 11 is 0. The molecular weight excluding hydrogens is 482 g/mol. The van der Waals surface area contributed by atoms with Crippen LogP contribution < -0.4 is 25.8 Å². The summed E-state index contributed by atoms with van der Waals surface area (Å²) in [6.45, 7) is 0.618. The Morgan fingerprint density at radius 1 is 1.11 bits per heavy atom. The van der Waals surface area contributed by atoms with Crippen molar-refractivity contribution in [3.05, 3.63) is 59.2 Å². The molecule has 12 heteroatoms. The van der Waals surface area contributed by atoms with Crippen molar-refractivity contribution in [3.8, 4) is 11.5 Å². The molecule has 2 aliphatic heterocycles. The zero-order valence-electron chi connectivity index (χ0n) is 19.9. The van der Waals surface area contributed by atoms with Gasteiger partial charge in [0.2, 0.25) is 6.79 Å². The van der Waals surface area contributed by atoms with Gasteiger partial charge in [-0.05, 0) is 42.7 Å². The fourth-order valence-electron chi connectivity index (χ4n) is 4.47. The molecule has 6 N–H and O–H groups in total. The number of carbonyl (C=O) groups excluding carboxylic acids is 3. The first-order valence-corrected chi connectivity index (χ1v) is 11.7. The molecule has 2 aliphatic rings. The van der Waals surface area contributed by atoms with E-state index < -0.39 is 29.7 Å². The van der Waals surface area contributed by atoms with Crippen molar-refractivity contribution in [2.75, 3.05) is 26.4 Å². The van der Waals surface area contributed by atoms with Crippen molar-refractivity contribution in [3.63, 3.8) is 0 Å². The van der Waals surface area contributed by atoms with Gasteiger partial charge in [0.05, 0.1) is 0 Å². The van der Waals surface area contributed by atoms with Crippen molar-refractivity contribution < 1.29 is 33.8 Å².